The Kier molecular flexibility index (Phi) is 5.70. The molecule has 66 valence electrons. The van der Waals surface area contributed by atoms with Crippen molar-refractivity contribution in [3.63, 3.8) is 0 Å². The van der Waals surface area contributed by atoms with Gasteiger partial charge in [0.2, 0.25) is 0 Å². The molecule has 0 saturated carbocycles. The SMILES string of the molecule is C=C/C=C(\C=C/C)C(=O)NCC. The van der Waals surface area contributed by atoms with Crippen LogP contribution < -0.4 is 5.32 Å². The predicted octanol–water partition coefficient (Wildman–Crippen LogP) is 1.81. The molecule has 0 aliphatic rings. The number of amides is 1. The van der Waals surface area contributed by atoms with Gasteiger partial charge in [-0.15, -0.1) is 0 Å². The normalized spacial score (nSPS) is 11.7. The molecule has 2 nitrogen and oxygen atoms in total. The second-order valence-corrected chi connectivity index (χ2v) is 2.22. The van der Waals surface area contributed by atoms with Crippen LogP contribution in [0.15, 0.2) is 36.5 Å². The van der Waals surface area contributed by atoms with E-state index in [1.807, 2.05) is 19.9 Å². The third-order valence-corrected chi connectivity index (χ3v) is 1.24. The second kappa shape index (κ2) is 6.40. The monoisotopic (exact) mass is 165 g/mol. The van der Waals surface area contributed by atoms with Crippen molar-refractivity contribution in [3.8, 4) is 0 Å². The molecule has 0 spiro atoms. The fourth-order valence-electron chi connectivity index (χ4n) is 0.776. The molecular formula is C10H15NO. The molecule has 0 aromatic carbocycles. The number of hydrogen-bond donors (Lipinski definition) is 1. The molecule has 12 heavy (non-hydrogen) atoms. The van der Waals surface area contributed by atoms with Gasteiger partial charge >= 0.3 is 0 Å². The van der Waals surface area contributed by atoms with Gasteiger partial charge in [0.15, 0.2) is 0 Å². The van der Waals surface area contributed by atoms with Crippen molar-refractivity contribution in [1.29, 1.82) is 0 Å². The molecule has 2 heteroatoms. The van der Waals surface area contributed by atoms with E-state index >= 15 is 0 Å². The first-order valence-corrected chi connectivity index (χ1v) is 3.99. The number of hydrogen-bond acceptors (Lipinski definition) is 1. The highest BCUT2D eigenvalue weighted by Crippen LogP contribution is 1.97. The fourth-order valence-corrected chi connectivity index (χ4v) is 0.776. The van der Waals surface area contributed by atoms with Crippen molar-refractivity contribution in [1.82, 2.24) is 5.32 Å². The van der Waals surface area contributed by atoms with Gasteiger partial charge in [-0.3, -0.25) is 4.79 Å². The summed E-state index contributed by atoms with van der Waals surface area (Å²) in [4.78, 5) is 11.2. The van der Waals surface area contributed by atoms with Crippen molar-refractivity contribution in [2.24, 2.45) is 0 Å². The van der Waals surface area contributed by atoms with E-state index in [9.17, 15) is 4.79 Å². The summed E-state index contributed by atoms with van der Waals surface area (Å²) in [6, 6.07) is 0. The lowest BCUT2D eigenvalue weighted by atomic mass is 10.2. The van der Waals surface area contributed by atoms with E-state index in [4.69, 9.17) is 0 Å². The van der Waals surface area contributed by atoms with Crippen LogP contribution in [-0.4, -0.2) is 12.5 Å². The lowest BCUT2D eigenvalue weighted by Gasteiger charge is -2.00. The fraction of sp³-hybridized carbons (Fsp3) is 0.300. The molecule has 0 saturated heterocycles. The zero-order valence-corrected chi connectivity index (χ0v) is 7.63. The average molecular weight is 165 g/mol. The van der Waals surface area contributed by atoms with Crippen LogP contribution in [0.25, 0.3) is 0 Å². The van der Waals surface area contributed by atoms with Crippen molar-refractivity contribution in [3.05, 3.63) is 36.5 Å². The van der Waals surface area contributed by atoms with Crippen molar-refractivity contribution in [2.45, 2.75) is 13.8 Å². The van der Waals surface area contributed by atoms with Gasteiger partial charge in [0, 0.05) is 12.1 Å². The highest BCUT2D eigenvalue weighted by molar-refractivity contribution is 5.96. The van der Waals surface area contributed by atoms with Crippen LogP contribution in [0.2, 0.25) is 0 Å². The van der Waals surface area contributed by atoms with Gasteiger partial charge < -0.3 is 5.32 Å². The third kappa shape index (κ3) is 3.76. The van der Waals surface area contributed by atoms with Crippen LogP contribution in [0.5, 0.6) is 0 Å². The van der Waals surface area contributed by atoms with Gasteiger partial charge in [-0.1, -0.05) is 30.9 Å². The Labute approximate surface area is 73.7 Å². The van der Waals surface area contributed by atoms with E-state index in [2.05, 4.69) is 11.9 Å². The second-order valence-electron chi connectivity index (χ2n) is 2.22. The Bertz CT molecular complexity index is 214. The molecule has 0 radical (unpaired) electrons. The molecule has 0 atom stereocenters. The molecule has 0 aliphatic heterocycles. The molecule has 1 N–H and O–H groups in total. The largest absolute Gasteiger partial charge is 0.352 e. The minimum atomic E-state index is -0.0597. The molecule has 0 aromatic rings. The van der Waals surface area contributed by atoms with Crippen LogP contribution in [0.1, 0.15) is 13.8 Å². The number of carbonyl (C=O) groups is 1. The zero-order valence-electron chi connectivity index (χ0n) is 7.63. The summed E-state index contributed by atoms with van der Waals surface area (Å²) < 4.78 is 0. The Morgan fingerprint density at radius 1 is 1.58 bits per heavy atom. The molecule has 0 unspecified atom stereocenters. The number of rotatable bonds is 4. The third-order valence-electron chi connectivity index (χ3n) is 1.24. The minimum Gasteiger partial charge on any atom is -0.352 e. The van der Waals surface area contributed by atoms with Crippen molar-refractivity contribution >= 4 is 5.91 Å². The van der Waals surface area contributed by atoms with Gasteiger partial charge in [0.1, 0.15) is 0 Å². The van der Waals surface area contributed by atoms with Crippen LogP contribution in [0.4, 0.5) is 0 Å². The Morgan fingerprint density at radius 3 is 2.67 bits per heavy atom. The smallest absolute Gasteiger partial charge is 0.251 e. The lowest BCUT2D eigenvalue weighted by molar-refractivity contribution is -0.117. The maximum atomic E-state index is 11.2. The molecule has 0 rings (SSSR count). The van der Waals surface area contributed by atoms with Crippen LogP contribution in [0, 0.1) is 0 Å². The molecule has 0 heterocycles. The maximum Gasteiger partial charge on any atom is 0.251 e. The molecule has 0 fully saturated rings. The summed E-state index contributed by atoms with van der Waals surface area (Å²) >= 11 is 0. The zero-order chi connectivity index (χ0) is 9.40. The van der Waals surface area contributed by atoms with Crippen molar-refractivity contribution in [2.75, 3.05) is 6.54 Å². The van der Waals surface area contributed by atoms with E-state index in [0.29, 0.717) is 12.1 Å². The molecule has 1 amide bonds. The first-order valence-electron chi connectivity index (χ1n) is 3.99. The van der Waals surface area contributed by atoms with E-state index in [1.165, 1.54) is 0 Å². The van der Waals surface area contributed by atoms with Crippen LogP contribution in [0.3, 0.4) is 0 Å². The number of likely N-dealkylation sites (N-methyl/N-ethyl adjacent to an activating group) is 1. The van der Waals surface area contributed by atoms with E-state index in [-0.39, 0.29) is 5.91 Å². The van der Waals surface area contributed by atoms with E-state index in [1.54, 1.807) is 18.2 Å². The van der Waals surface area contributed by atoms with Gasteiger partial charge in [-0.05, 0) is 13.8 Å². The van der Waals surface area contributed by atoms with Crippen LogP contribution >= 0.6 is 0 Å². The minimum absolute atomic E-state index is 0.0597. The maximum absolute atomic E-state index is 11.2. The van der Waals surface area contributed by atoms with E-state index in [0.717, 1.165) is 0 Å². The predicted molar refractivity (Wildman–Crippen MR) is 51.8 cm³/mol. The quantitative estimate of drug-likeness (QED) is 0.499. The summed E-state index contributed by atoms with van der Waals surface area (Å²) in [5, 5.41) is 2.71. The van der Waals surface area contributed by atoms with Crippen molar-refractivity contribution < 1.29 is 4.79 Å². The van der Waals surface area contributed by atoms with Gasteiger partial charge in [0.05, 0.1) is 0 Å². The highest BCUT2D eigenvalue weighted by Gasteiger charge is 2.01. The standard InChI is InChI=1S/C10H15NO/c1-4-7-9(8-5-2)10(12)11-6-3/h4-5,7-8H,1,6H2,2-3H3,(H,11,12)/b8-5-,9-7+. The summed E-state index contributed by atoms with van der Waals surface area (Å²) in [7, 11) is 0. The van der Waals surface area contributed by atoms with Gasteiger partial charge in [0.25, 0.3) is 5.91 Å². The average Bonchev–Trinajstić information content (AvgIpc) is 2.04. The Hall–Kier alpha value is -1.31. The molecule has 0 aliphatic carbocycles. The summed E-state index contributed by atoms with van der Waals surface area (Å²) in [5.74, 6) is -0.0597. The summed E-state index contributed by atoms with van der Waals surface area (Å²) in [5.41, 5.74) is 0.634. The lowest BCUT2D eigenvalue weighted by Crippen LogP contribution is -2.23. The first kappa shape index (κ1) is 10.7. The summed E-state index contributed by atoms with van der Waals surface area (Å²) in [6.45, 7) is 7.94. The summed E-state index contributed by atoms with van der Waals surface area (Å²) in [6.07, 6.45) is 6.87. The van der Waals surface area contributed by atoms with Crippen LogP contribution in [-0.2, 0) is 4.79 Å². The number of nitrogens with one attached hydrogen (secondary N) is 1. The Balaban J connectivity index is 4.40. The Morgan fingerprint density at radius 2 is 2.25 bits per heavy atom. The highest BCUT2D eigenvalue weighted by atomic mass is 16.1. The number of carbonyl (C=O) groups excluding carboxylic acids is 1. The number of allylic oxidation sites excluding steroid dienone is 3. The van der Waals surface area contributed by atoms with E-state index < -0.39 is 0 Å². The molecule has 0 bridgehead atoms. The van der Waals surface area contributed by atoms with Gasteiger partial charge in [-0.25, -0.2) is 0 Å². The molecule has 0 aromatic heterocycles. The first-order chi connectivity index (χ1) is 5.76. The molecular weight excluding hydrogens is 150 g/mol. The van der Waals surface area contributed by atoms with Gasteiger partial charge in [-0.2, -0.15) is 0 Å². The topological polar surface area (TPSA) is 29.1 Å².